The van der Waals surface area contributed by atoms with Crippen LogP contribution in [0.15, 0.2) is 72.8 Å². The Bertz CT molecular complexity index is 1540. The second-order valence-corrected chi connectivity index (χ2v) is 11.2. The Labute approximate surface area is 262 Å². The third kappa shape index (κ3) is 9.83. The quantitative estimate of drug-likeness (QED) is 0.0599. The van der Waals surface area contributed by atoms with E-state index in [1.165, 1.54) is 48.5 Å². The highest BCUT2D eigenvalue weighted by atomic mass is 19.1. The van der Waals surface area contributed by atoms with Gasteiger partial charge in [0.2, 0.25) is 0 Å². The average Bonchev–Trinajstić information content (AvgIpc) is 3.00. The molecular weight excluding hydrogens is 582 g/mol. The maximum Gasteiger partial charge on any atom is 0.346 e. The van der Waals surface area contributed by atoms with E-state index in [0.717, 1.165) is 68.2 Å². The van der Waals surface area contributed by atoms with Crippen molar-refractivity contribution < 1.29 is 36.6 Å². The molecule has 0 aromatic heterocycles. The van der Waals surface area contributed by atoms with E-state index in [0.29, 0.717) is 23.8 Å². The molecule has 0 unspecified atom stereocenters. The molecule has 4 nitrogen and oxygen atoms in total. The van der Waals surface area contributed by atoms with E-state index in [4.69, 9.17) is 9.47 Å². The summed E-state index contributed by atoms with van der Waals surface area (Å²) in [5, 5.41) is 0. The molecule has 4 aromatic carbocycles. The second-order valence-electron chi connectivity index (χ2n) is 11.2. The fraction of sp³-hybridized carbons (Fsp3) is 0.257. The zero-order valence-electron chi connectivity index (χ0n) is 25.4. The van der Waals surface area contributed by atoms with Crippen LogP contribution >= 0.6 is 0 Å². The SMILES string of the molecule is Bc1ccc(OC(=O)c2ccc(CCCCCCCCCc3ccc(C(=O)Oc4ccc(B)c(F)c4)c(F)c3)cc2F)cc1F. The van der Waals surface area contributed by atoms with E-state index in [-0.39, 0.29) is 22.6 Å². The van der Waals surface area contributed by atoms with Crippen LogP contribution in [-0.2, 0) is 12.8 Å². The van der Waals surface area contributed by atoms with Crippen LogP contribution in [0.3, 0.4) is 0 Å². The van der Waals surface area contributed by atoms with Crippen molar-refractivity contribution in [1.29, 1.82) is 0 Å². The number of benzene rings is 4. The first kappa shape index (κ1) is 33.6. The standard InChI is InChI=1S/C35H34B2F4O4/c36-28-16-12-24(20-32(28)40)44-34(42)26-14-10-22(18-30(26)38)8-6-4-2-1-3-5-7-9-23-11-15-27(31(39)19-23)35(43)45-25-13-17-29(37)33(41)21-25/h10-21H,1-9,36-37H2. The molecular formula is C35H34B2F4O4. The molecule has 4 aromatic rings. The minimum atomic E-state index is -0.873. The predicted octanol–water partition coefficient (Wildman–Crippen LogP) is 5.71. The number of hydrogen-bond acceptors (Lipinski definition) is 4. The smallest absolute Gasteiger partial charge is 0.346 e. The highest BCUT2D eigenvalue weighted by molar-refractivity contribution is 6.32. The topological polar surface area (TPSA) is 52.6 Å². The summed E-state index contributed by atoms with van der Waals surface area (Å²) in [7, 11) is 3.19. The summed E-state index contributed by atoms with van der Waals surface area (Å²) in [6.07, 6.45) is 8.26. The van der Waals surface area contributed by atoms with Gasteiger partial charge in [0.15, 0.2) is 0 Å². The summed E-state index contributed by atoms with van der Waals surface area (Å²) in [4.78, 5) is 24.7. The average molecular weight is 616 g/mol. The Morgan fingerprint density at radius 1 is 0.489 bits per heavy atom. The second kappa shape index (κ2) is 16.1. The number of aryl methyl sites for hydroxylation is 2. The molecule has 0 aliphatic rings. The van der Waals surface area contributed by atoms with Gasteiger partial charge in [-0.05, 0) is 73.2 Å². The van der Waals surface area contributed by atoms with Gasteiger partial charge in [0, 0.05) is 12.1 Å². The fourth-order valence-electron chi connectivity index (χ4n) is 4.90. The van der Waals surface area contributed by atoms with Gasteiger partial charge in [0.25, 0.3) is 0 Å². The molecule has 0 N–H and O–H groups in total. The molecule has 0 bridgehead atoms. The van der Waals surface area contributed by atoms with Crippen molar-refractivity contribution in [3.05, 3.63) is 118 Å². The third-order valence-corrected chi connectivity index (χ3v) is 7.65. The molecule has 232 valence electrons. The summed E-state index contributed by atoms with van der Waals surface area (Å²) in [5.41, 5.74) is 2.03. The number of rotatable bonds is 14. The molecule has 45 heavy (non-hydrogen) atoms. The van der Waals surface area contributed by atoms with E-state index in [1.807, 2.05) is 0 Å². The van der Waals surface area contributed by atoms with E-state index in [2.05, 4.69) is 0 Å². The molecule has 0 amide bonds. The van der Waals surface area contributed by atoms with Gasteiger partial charge in [-0.3, -0.25) is 0 Å². The summed E-state index contributed by atoms with van der Waals surface area (Å²) < 4.78 is 66.8. The minimum absolute atomic E-state index is 0.0213. The maximum atomic E-state index is 14.6. The largest absolute Gasteiger partial charge is 0.423 e. The summed E-state index contributed by atoms with van der Waals surface area (Å²) in [6, 6.07) is 17.0. The fourth-order valence-corrected chi connectivity index (χ4v) is 4.90. The molecule has 0 atom stereocenters. The van der Waals surface area contributed by atoms with Crippen molar-refractivity contribution >= 4 is 38.6 Å². The molecule has 0 spiro atoms. The molecule has 0 heterocycles. The van der Waals surface area contributed by atoms with Gasteiger partial charge >= 0.3 is 11.9 Å². The van der Waals surface area contributed by atoms with Crippen LogP contribution in [0, 0.1) is 23.3 Å². The van der Waals surface area contributed by atoms with Gasteiger partial charge in [0.1, 0.15) is 50.5 Å². The molecule has 0 aliphatic heterocycles. The third-order valence-electron chi connectivity index (χ3n) is 7.65. The molecule has 0 radical (unpaired) electrons. The lowest BCUT2D eigenvalue weighted by atomic mass is 9.96. The number of unbranched alkanes of at least 4 members (excludes halogenated alkanes) is 6. The van der Waals surface area contributed by atoms with Crippen molar-refractivity contribution in [3.63, 3.8) is 0 Å². The van der Waals surface area contributed by atoms with Crippen molar-refractivity contribution in [2.75, 3.05) is 0 Å². The van der Waals surface area contributed by atoms with Crippen LogP contribution in [0.1, 0.15) is 76.8 Å². The lowest BCUT2D eigenvalue weighted by molar-refractivity contribution is 0.0719. The number of hydrogen-bond donors (Lipinski definition) is 0. The Balaban J connectivity index is 1.10. The summed E-state index contributed by atoms with van der Waals surface area (Å²) in [5.74, 6) is -4.05. The normalized spacial score (nSPS) is 10.9. The molecule has 0 aliphatic carbocycles. The van der Waals surface area contributed by atoms with Crippen molar-refractivity contribution in [2.24, 2.45) is 0 Å². The van der Waals surface area contributed by atoms with Crippen LogP contribution in [0.2, 0.25) is 0 Å². The van der Waals surface area contributed by atoms with Crippen molar-refractivity contribution in [3.8, 4) is 11.5 Å². The number of carbonyl (C=O) groups is 2. The van der Waals surface area contributed by atoms with Gasteiger partial charge in [-0.2, -0.15) is 0 Å². The lowest BCUT2D eigenvalue weighted by Gasteiger charge is -2.08. The molecule has 0 saturated heterocycles. The first-order chi connectivity index (χ1) is 21.6. The molecule has 4 rings (SSSR count). The van der Waals surface area contributed by atoms with Gasteiger partial charge in [-0.15, -0.1) is 0 Å². The Morgan fingerprint density at radius 2 is 0.867 bits per heavy atom. The van der Waals surface area contributed by atoms with E-state index >= 15 is 0 Å². The Morgan fingerprint density at radius 3 is 1.22 bits per heavy atom. The first-order valence-corrected chi connectivity index (χ1v) is 15.1. The van der Waals surface area contributed by atoms with Crippen LogP contribution in [0.25, 0.3) is 0 Å². The molecule has 0 fully saturated rings. The number of halogens is 4. The van der Waals surface area contributed by atoms with Crippen LogP contribution in [0.5, 0.6) is 11.5 Å². The van der Waals surface area contributed by atoms with E-state index in [1.54, 1.807) is 27.8 Å². The van der Waals surface area contributed by atoms with Gasteiger partial charge < -0.3 is 9.47 Å². The number of esters is 2. The van der Waals surface area contributed by atoms with Crippen molar-refractivity contribution in [2.45, 2.75) is 57.8 Å². The monoisotopic (exact) mass is 616 g/mol. The predicted molar refractivity (Wildman–Crippen MR) is 172 cm³/mol. The molecule has 0 saturated carbocycles. The van der Waals surface area contributed by atoms with Gasteiger partial charge in [0.05, 0.1) is 11.1 Å². The summed E-state index contributed by atoms with van der Waals surface area (Å²) >= 11 is 0. The van der Waals surface area contributed by atoms with Gasteiger partial charge in [-0.25, -0.2) is 27.2 Å². The Kier molecular flexibility index (Phi) is 12.0. The minimum Gasteiger partial charge on any atom is -0.423 e. The first-order valence-electron chi connectivity index (χ1n) is 15.1. The zero-order valence-corrected chi connectivity index (χ0v) is 25.4. The lowest BCUT2D eigenvalue weighted by Crippen LogP contribution is -2.13. The maximum absolute atomic E-state index is 14.6. The highest BCUT2D eigenvalue weighted by Gasteiger charge is 2.17. The number of ether oxygens (including phenoxy) is 2. The van der Waals surface area contributed by atoms with E-state index in [9.17, 15) is 27.2 Å². The highest BCUT2D eigenvalue weighted by Crippen LogP contribution is 2.20. The number of carbonyl (C=O) groups excluding carboxylic acids is 2. The van der Waals surface area contributed by atoms with Crippen LogP contribution < -0.4 is 20.4 Å². The van der Waals surface area contributed by atoms with Gasteiger partial charge in [-0.1, -0.05) is 67.3 Å². The summed E-state index contributed by atoms with van der Waals surface area (Å²) in [6.45, 7) is 0. The van der Waals surface area contributed by atoms with Crippen molar-refractivity contribution in [1.82, 2.24) is 0 Å². The van der Waals surface area contributed by atoms with Crippen LogP contribution in [0.4, 0.5) is 17.6 Å². The van der Waals surface area contributed by atoms with E-state index < -0.39 is 35.2 Å². The zero-order chi connectivity index (χ0) is 32.3. The van der Waals surface area contributed by atoms with Crippen LogP contribution in [-0.4, -0.2) is 27.6 Å². The molecule has 10 heteroatoms. The Hall–Kier alpha value is -4.33.